The third-order valence-corrected chi connectivity index (χ3v) is 2.51. The number of aliphatic carboxylic acids is 4. The van der Waals surface area contributed by atoms with Gasteiger partial charge in [-0.1, -0.05) is 0 Å². The van der Waals surface area contributed by atoms with Crippen LogP contribution < -0.4 is 0 Å². The van der Waals surface area contributed by atoms with Crippen LogP contribution in [0.15, 0.2) is 0 Å². The van der Waals surface area contributed by atoms with E-state index in [1.807, 2.05) is 0 Å². The monoisotopic (exact) mass is 322 g/mol. The van der Waals surface area contributed by atoms with Gasteiger partial charge in [-0.25, -0.2) is 9.59 Å². The Morgan fingerprint density at radius 1 is 1.09 bits per heavy atom. The van der Waals surface area contributed by atoms with Crippen LogP contribution in [0.2, 0.25) is 0 Å². The summed E-state index contributed by atoms with van der Waals surface area (Å²) in [6.45, 7) is 0. The van der Waals surface area contributed by atoms with Crippen LogP contribution in [0.1, 0.15) is 19.3 Å². The normalized spacial score (nSPS) is 19.1. The van der Waals surface area contributed by atoms with Crippen molar-refractivity contribution >= 4 is 29.8 Å². The number of aliphatic hydroxyl groups excluding tert-OH is 1. The van der Waals surface area contributed by atoms with Gasteiger partial charge in [0, 0.05) is 12.8 Å². The highest BCUT2D eigenvalue weighted by Crippen LogP contribution is 2.13. The first-order chi connectivity index (χ1) is 10.1. The maximum Gasteiger partial charge on any atom is 0.345 e. The van der Waals surface area contributed by atoms with E-state index in [0.29, 0.717) is 6.42 Å². The van der Waals surface area contributed by atoms with E-state index in [1.54, 1.807) is 0 Å². The van der Waals surface area contributed by atoms with Crippen LogP contribution in [-0.4, -0.2) is 67.6 Å². The first-order valence-corrected chi connectivity index (χ1v) is 5.84. The molecule has 0 saturated carbocycles. The molecule has 11 nitrogen and oxygen atoms in total. The van der Waals surface area contributed by atoms with Crippen molar-refractivity contribution in [3.8, 4) is 0 Å². The molecule has 0 radical (unpaired) electrons. The van der Waals surface area contributed by atoms with Crippen molar-refractivity contribution < 1.29 is 54.2 Å². The van der Waals surface area contributed by atoms with E-state index >= 15 is 0 Å². The Hall–Kier alpha value is -2.69. The Morgan fingerprint density at radius 3 is 1.86 bits per heavy atom. The fourth-order valence-electron chi connectivity index (χ4n) is 1.39. The van der Waals surface area contributed by atoms with Crippen LogP contribution in [0, 0.1) is 5.92 Å². The highest BCUT2D eigenvalue weighted by Gasteiger charge is 2.33. The number of carboxylic acids is 4. The van der Waals surface area contributed by atoms with E-state index in [2.05, 4.69) is 4.74 Å². The molecule has 11 heteroatoms. The average Bonchev–Trinajstić information content (AvgIpc) is 2.82. The highest BCUT2D eigenvalue weighted by atomic mass is 16.6. The predicted octanol–water partition coefficient (Wildman–Crippen LogP) is -1.62. The standard InChI is InChI=1S/C6H8O7.C5H6O4/c7-3(8)1-2(5(10)11)4(9)6(12)13;6-4-2-1-3(9-4)5(7)8/h2,4,9H,1H2,(H,7,8)(H,10,11)(H,12,13);3H,1-2H2,(H,7,8). The third-order valence-electron chi connectivity index (χ3n) is 2.51. The minimum absolute atomic E-state index is 0.233. The van der Waals surface area contributed by atoms with Gasteiger partial charge in [-0.2, -0.15) is 0 Å². The molecular formula is C11H14O11. The number of carbonyl (C=O) groups excluding carboxylic acids is 1. The zero-order valence-electron chi connectivity index (χ0n) is 11.0. The van der Waals surface area contributed by atoms with E-state index in [0.717, 1.165) is 0 Å². The van der Waals surface area contributed by atoms with Gasteiger partial charge >= 0.3 is 29.8 Å². The van der Waals surface area contributed by atoms with E-state index in [-0.39, 0.29) is 6.42 Å². The van der Waals surface area contributed by atoms with Gasteiger partial charge in [-0.3, -0.25) is 14.4 Å². The van der Waals surface area contributed by atoms with Crippen molar-refractivity contribution in [3.05, 3.63) is 0 Å². The zero-order valence-corrected chi connectivity index (χ0v) is 11.0. The van der Waals surface area contributed by atoms with E-state index in [1.165, 1.54) is 0 Å². The number of rotatable bonds is 6. The molecule has 1 aliphatic rings. The number of aliphatic hydroxyl groups is 1. The summed E-state index contributed by atoms with van der Waals surface area (Å²) < 4.78 is 4.38. The Bertz CT molecular complexity index is 469. The van der Waals surface area contributed by atoms with E-state index < -0.39 is 54.4 Å². The SMILES string of the molecule is O=C(O)CC(C(=O)O)C(O)C(=O)O.O=C1CCC(C(=O)O)O1. The van der Waals surface area contributed by atoms with Gasteiger partial charge in [0.2, 0.25) is 0 Å². The molecule has 0 amide bonds. The smallest absolute Gasteiger partial charge is 0.345 e. The summed E-state index contributed by atoms with van der Waals surface area (Å²) in [5.74, 6) is -8.18. The fourth-order valence-corrected chi connectivity index (χ4v) is 1.39. The number of cyclic esters (lactones) is 1. The molecule has 3 unspecified atom stereocenters. The number of hydrogen-bond donors (Lipinski definition) is 5. The molecule has 1 rings (SSSR count). The summed E-state index contributed by atoms with van der Waals surface area (Å²) in [7, 11) is 0. The highest BCUT2D eigenvalue weighted by molar-refractivity contribution is 5.85. The lowest BCUT2D eigenvalue weighted by molar-refractivity contribution is -0.162. The fraction of sp³-hybridized carbons (Fsp3) is 0.545. The van der Waals surface area contributed by atoms with Crippen LogP contribution >= 0.6 is 0 Å². The molecule has 3 atom stereocenters. The van der Waals surface area contributed by atoms with E-state index in [9.17, 15) is 24.0 Å². The van der Waals surface area contributed by atoms with Crippen molar-refractivity contribution in [2.24, 2.45) is 5.92 Å². The molecule has 0 aromatic heterocycles. The Morgan fingerprint density at radius 2 is 1.64 bits per heavy atom. The lowest BCUT2D eigenvalue weighted by Crippen LogP contribution is -2.36. The minimum Gasteiger partial charge on any atom is -0.481 e. The van der Waals surface area contributed by atoms with Crippen molar-refractivity contribution in [1.29, 1.82) is 0 Å². The van der Waals surface area contributed by atoms with Crippen LogP contribution in [0.4, 0.5) is 0 Å². The Kier molecular flexibility index (Phi) is 7.52. The van der Waals surface area contributed by atoms with Gasteiger partial charge in [0.05, 0.1) is 6.42 Å². The molecule has 0 aromatic carbocycles. The lowest BCUT2D eigenvalue weighted by atomic mass is 9.99. The summed E-state index contributed by atoms with van der Waals surface area (Å²) in [4.78, 5) is 50.8. The van der Waals surface area contributed by atoms with Crippen LogP contribution in [0.3, 0.4) is 0 Å². The molecule has 0 aromatic rings. The molecule has 0 bridgehead atoms. The quantitative estimate of drug-likeness (QED) is 0.352. The number of ether oxygens (including phenoxy) is 1. The summed E-state index contributed by atoms with van der Waals surface area (Å²) in [5, 5.41) is 41.8. The van der Waals surface area contributed by atoms with Crippen LogP contribution in [0.25, 0.3) is 0 Å². The van der Waals surface area contributed by atoms with Crippen molar-refractivity contribution in [1.82, 2.24) is 0 Å². The van der Waals surface area contributed by atoms with Gasteiger partial charge in [-0.15, -0.1) is 0 Å². The summed E-state index contributed by atoms with van der Waals surface area (Å²) in [6, 6.07) is 0. The van der Waals surface area contributed by atoms with Crippen LogP contribution in [-0.2, 0) is 28.7 Å². The predicted molar refractivity (Wildman–Crippen MR) is 63.8 cm³/mol. The van der Waals surface area contributed by atoms with Crippen LogP contribution in [0.5, 0.6) is 0 Å². The summed E-state index contributed by atoms with van der Waals surface area (Å²) in [6.07, 6.45) is -3.47. The molecular weight excluding hydrogens is 308 g/mol. The topological polar surface area (TPSA) is 196 Å². The average molecular weight is 322 g/mol. The van der Waals surface area contributed by atoms with Gasteiger partial charge in [0.1, 0.15) is 5.92 Å². The largest absolute Gasteiger partial charge is 0.481 e. The first kappa shape index (κ1) is 19.3. The van der Waals surface area contributed by atoms with Crippen molar-refractivity contribution in [2.75, 3.05) is 0 Å². The second kappa shape index (κ2) is 8.56. The molecule has 1 fully saturated rings. The lowest BCUT2D eigenvalue weighted by Gasteiger charge is -2.12. The molecule has 1 heterocycles. The number of hydrogen-bond acceptors (Lipinski definition) is 7. The van der Waals surface area contributed by atoms with Crippen molar-refractivity contribution in [3.63, 3.8) is 0 Å². The zero-order chi connectivity index (χ0) is 17.4. The molecule has 5 N–H and O–H groups in total. The first-order valence-electron chi connectivity index (χ1n) is 5.84. The van der Waals surface area contributed by atoms with Gasteiger partial charge in [0.25, 0.3) is 0 Å². The number of carboxylic acid groups (broad SMARTS) is 4. The molecule has 1 saturated heterocycles. The minimum atomic E-state index is -2.20. The van der Waals surface area contributed by atoms with Gasteiger partial charge in [0.15, 0.2) is 12.2 Å². The Labute approximate surface area is 122 Å². The molecule has 1 aliphatic heterocycles. The molecule has 124 valence electrons. The molecule has 0 aliphatic carbocycles. The maximum absolute atomic E-state index is 10.3. The van der Waals surface area contributed by atoms with E-state index in [4.69, 9.17) is 25.5 Å². The number of esters is 1. The molecule has 22 heavy (non-hydrogen) atoms. The number of carbonyl (C=O) groups is 5. The summed E-state index contributed by atoms with van der Waals surface area (Å²) in [5.41, 5.74) is 0. The van der Waals surface area contributed by atoms with Crippen molar-refractivity contribution in [2.45, 2.75) is 31.5 Å². The second-order valence-corrected chi connectivity index (χ2v) is 4.18. The Balaban J connectivity index is 0.000000425. The maximum atomic E-state index is 10.3. The second-order valence-electron chi connectivity index (χ2n) is 4.18. The third kappa shape index (κ3) is 6.65. The van der Waals surface area contributed by atoms with Gasteiger partial charge < -0.3 is 30.3 Å². The summed E-state index contributed by atoms with van der Waals surface area (Å²) >= 11 is 0. The van der Waals surface area contributed by atoms with Gasteiger partial charge in [-0.05, 0) is 0 Å². The molecule has 0 spiro atoms.